The number of halogens is 2. The number of nitrogens with one attached hydrogen (secondary N) is 1. The lowest BCUT2D eigenvalue weighted by Crippen LogP contribution is -1.99. The molecule has 0 amide bonds. The molecule has 0 atom stereocenters. The molecule has 1 N–H and O–H groups in total. The molecule has 0 fully saturated rings. The molecule has 0 spiro atoms. The first-order chi connectivity index (χ1) is 9.65. The minimum absolute atomic E-state index is 0.140. The number of rotatable bonds is 3. The molecule has 0 unspecified atom stereocenters. The van der Waals surface area contributed by atoms with Gasteiger partial charge >= 0.3 is 0 Å². The number of fused-ring (bicyclic) bond motifs is 1. The largest absolute Gasteiger partial charge is 0.381 e. The predicted molar refractivity (Wildman–Crippen MR) is 81.7 cm³/mol. The highest BCUT2D eigenvalue weighted by Crippen LogP contribution is 2.23. The minimum Gasteiger partial charge on any atom is -0.381 e. The zero-order valence-electron chi connectivity index (χ0n) is 11.0. The molecule has 0 aliphatic heterocycles. The summed E-state index contributed by atoms with van der Waals surface area (Å²) in [6.07, 6.45) is 2.09. The quantitative estimate of drug-likeness (QED) is 0.746. The predicted octanol–water partition coefficient (Wildman–Crippen LogP) is 4.58. The molecule has 0 saturated heterocycles. The highest BCUT2D eigenvalue weighted by molar-refractivity contribution is 6.30. The van der Waals surface area contributed by atoms with Crippen LogP contribution in [0.5, 0.6) is 0 Å². The van der Waals surface area contributed by atoms with Gasteiger partial charge in [0, 0.05) is 36.4 Å². The first-order valence-corrected chi connectivity index (χ1v) is 6.75. The topological polar surface area (TPSA) is 17.0 Å². The third-order valence-corrected chi connectivity index (χ3v) is 3.69. The SMILES string of the molecule is Cn1cc(CNc2ccc(Cl)c(F)c2)c2ccccc21. The van der Waals surface area contributed by atoms with E-state index in [0.29, 0.717) is 6.54 Å². The van der Waals surface area contributed by atoms with Gasteiger partial charge in [0.05, 0.1) is 5.02 Å². The highest BCUT2D eigenvalue weighted by atomic mass is 35.5. The standard InChI is InChI=1S/C16H14ClFN2/c1-20-10-11(13-4-2-3-5-16(13)20)9-19-12-6-7-14(17)15(18)8-12/h2-8,10,19H,9H2,1H3. The minimum atomic E-state index is -0.408. The van der Waals surface area contributed by atoms with Crippen molar-refractivity contribution in [3.05, 3.63) is 65.1 Å². The molecule has 102 valence electrons. The number of nitrogens with zero attached hydrogens (tertiary/aromatic N) is 1. The summed E-state index contributed by atoms with van der Waals surface area (Å²) in [6.45, 7) is 0.641. The Balaban J connectivity index is 1.85. The van der Waals surface area contributed by atoms with Crippen LogP contribution in [0.4, 0.5) is 10.1 Å². The number of anilines is 1. The highest BCUT2D eigenvalue weighted by Gasteiger charge is 2.06. The second-order valence-corrected chi connectivity index (χ2v) is 5.17. The van der Waals surface area contributed by atoms with Crippen LogP contribution in [0.3, 0.4) is 0 Å². The number of para-hydroxylation sites is 1. The fourth-order valence-corrected chi connectivity index (χ4v) is 2.49. The first-order valence-electron chi connectivity index (χ1n) is 6.37. The maximum Gasteiger partial charge on any atom is 0.143 e. The van der Waals surface area contributed by atoms with Crippen LogP contribution in [0, 0.1) is 5.82 Å². The van der Waals surface area contributed by atoms with Gasteiger partial charge in [-0.1, -0.05) is 29.8 Å². The van der Waals surface area contributed by atoms with Crippen LogP contribution in [-0.4, -0.2) is 4.57 Å². The van der Waals surface area contributed by atoms with Crippen molar-refractivity contribution in [2.24, 2.45) is 7.05 Å². The number of aryl methyl sites for hydroxylation is 1. The monoisotopic (exact) mass is 288 g/mol. The summed E-state index contributed by atoms with van der Waals surface area (Å²) < 4.78 is 15.5. The zero-order chi connectivity index (χ0) is 14.1. The Morgan fingerprint density at radius 3 is 2.80 bits per heavy atom. The molecule has 2 nitrogen and oxygen atoms in total. The van der Waals surface area contributed by atoms with Crippen molar-refractivity contribution in [1.82, 2.24) is 4.57 Å². The van der Waals surface area contributed by atoms with Crippen LogP contribution in [0.2, 0.25) is 5.02 Å². The maximum absolute atomic E-state index is 13.4. The summed E-state index contributed by atoms with van der Waals surface area (Å²) in [7, 11) is 2.02. The fraction of sp³-hybridized carbons (Fsp3) is 0.125. The van der Waals surface area contributed by atoms with E-state index in [4.69, 9.17) is 11.6 Å². The lowest BCUT2D eigenvalue weighted by Gasteiger charge is -2.06. The van der Waals surface area contributed by atoms with E-state index in [1.165, 1.54) is 22.5 Å². The van der Waals surface area contributed by atoms with Crippen LogP contribution in [0.25, 0.3) is 10.9 Å². The summed E-state index contributed by atoms with van der Waals surface area (Å²) in [6, 6.07) is 13.0. The second kappa shape index (κ2) is 5.17. The Labute approximate surface area is 121 Å². The van der Waals surface area contributed by atoms with Crippen LogP contribution in [0.1, 0.15) is 5.56 Å². The Morgan fingerprint density at radius 2 is 2.00 bits per heavy atom. The van der Waals surface area contributed by atoms with Crippen LogP contribution >= 0.6 is 11.6 Å². The Bertz CT molecular complexity index is 764. The summed E-state index contributed by atoms with van der Waals surface area (Å²) in [5.41, 5.74) is 3.09. The van der Waals surface area contributed by atoms with Crippen molar-refractivity contribution < 1.29 is 4.39 Å². The van der Waals surface area contributed by atoms with Gasteiger partial charge < -0.3 is 9.88 Å². The van der Waals surface area contributed by atoms with Gasteiger partial charge in [-0.05, 0) is 29.8 Å². The second-order valence-electron chi connectivity index (χ2n) is 4.76. The van der Waals surface area contributed by atoms with E-state index < -0.39 is 5.82 Å². The smallest absolute Gasteiger partial charge is 0.143 e. The molecule has 1 heterocycles. The van der Waals surface area contributed by atoms with Crippen LogP contribution in [-0.2, 0) is 13.6 Å². The lowest BCUT2D eigenvalue weighted by molar-refractivity contribution is 0.628. The molecule has 0 radical (unpaired) electrons. The molecule has 3 rings (SSSR count). The van der Waals surface area contributed by atoms with Crippen molar-refractivity contribution in [2.75, 3.05) is 5.32 Å². The van der Waals surface area contributed by atoms with Crippen LogP contribution < -0.4 is 5.32 Å². The van der Waals surface area contributed by atoms with E-state index in [9.17, 15) is 4.39 Å². The van der Waals surface area contributed by atoms with Crippen molar-refractivity contribution in [2.45, 2.75) is 6.54 Å². The number of hydrogen-bond acceptors (Lipinski definition) is 1. The molecular weight excluding hydrogens is 275 g/mol. The molecule has 20 heavy (non-hydrogen) atoms. The molecule has 2 aromatic carbocycles. The van der Waals surface area contributed by atoms with E-state index >= 15 is 0 Å². The van der Waals surface area contributed by atoms with Gasteiger partial charge in [-0.15, -0.1) is 0 Å². The number of hydrogen-bond donors (Lipinski definition) is 1. The van der Waals surface area contributed by atoms with E-state index in [-0.39, 0.29) is 5.02 Å². The van der Waals surface area contributed by atoms with Gasteiger partial charge in [-0.3, -0.25) is 0 Å². The van der Waals surface area contributed by atoms with Crippen molar-refractivity contribution in [3.8, 4) is 0 Å². The number of aromatic nitrogens is 1. The molecular formula is C16H14ClFN2. The first kappa shape index (κ1) is 13.0. The molecule has 0 aliphatic carbocycles. The van der Waals surface area contributed by atoms with Crippen molar-refractivity contribution >= 4 is 28.2 Å². The zero-order valence-corrected chi connectivity index (χ0v) is 11.8. The van der Waals surface area contributed by atoms with Crippen LogP contribution in [0.15, 0.2) is 48.7 Å². The lowest BCUT2D eigenvalue weighted by atomic mass is 10.2. The molecule has 1 aromatic heterocycles. The maximum atomic E-state index is 13.4. The van der Waals surface area contributed by atoms with E-state index in [1.54, 1.807) is 12.1 Å². The third kappa shape index (κ3) is 2.37. The van der Waals surface area contributed by atoms with E-state index in [1.807, 2.05) is 19.2 Å². The van der Waals surface area contributed by atoms with Crippen molar-refractivity contribution in [1.29, 1.82) is 0 Å². The van der Waals surface area contributed by atoms with Gasteiger partial charge in [-0.2, -0.15) is 0 Å². The fourth-order valence-electron chi connectivity index (χ4n) is 2.37. The Kier molecular flexibility index (Phi) is 3.36. The Hall–Kier alpha value is -2.00. The molecule has 3 aromatic rings. The normalized spacial score (nSPS) is 10.9. The average molecular weight is 289 g/mol. The van der Waals surface area contributed by atoms with Gasteiger partial charge in [0.15, 0.2) is 0 Å². The summed E-state index contributed by atoms with van der Waals surface area (Å²) in [5.74, 6) is -0.408. The summed E-state index contributed by atoms with van der Waals surface area (Å²) in [4.78, 5) is 0. The summed E-state index contributed by atoms with van der Waals surface area (Å²) >= 11 is 5.67. The van der Waals surface area contributed by atoms with E-state index in [0.717, 1.165) is 5.69 Å². The molecule has 0 aliphatic rings. The Morgan fingerprint density at radius 1 is 1.20 bits per heavy atom. The van der Waals surface area contributed by atoms with E-state index in [2.05, 4.69) is 28.2 Å². The average Bonchev–Trinajstić information content (AvgIpc) is 2.78. The summed E-state index contributed by atoms with van der Waals surface area (Å²) in [5, 5.41) is 4.57. The van der Waals surface area contributed by atoms with Gasteiger partial charge in [0.2, 0.25) is 0 Å². The van der Waals surface area contributed by atoms with Crippen molar-refractivity contribution in [3.63, 3.8) is 0 Å². The number of benzene rings is 2. The third-order valence-electron chi connectivity index (χ3n) is 3.38. The molecule has 0 saturated carbocycles. The molecule has 0 bridgehead atoms. The van der Waals surface area contributed by atoms with Gasteiger partial charge in [0.1, 0.15) is 5.82 Å². The molecule has 4 heteroatoms. The van der Waals surface area contributed by atoms with Gasteiger partial charge in [-0.25, -0.2) is 4.39 Å². The van der Waals surface area contributed by atoms with Gasteiger partial charge in [0.25, 0.3) is 0 Å².